The lowest BCUT2D eigenvalue weighted by molar-refractivity contribution is -0.129. The fraction of sp³-hybridized carbons (Fsp3) is 1.00. The number of hydrogen-bond acceptors (Lipinski definition) is 6. The van der Waals surface area contributed by atoms with Gasteiger partial charge in [0.15, 0.2) is 0 Å². The van der Waals surface area contributed by atoms with E-state index in [-0.39, 0.29) is 0 Å². The molecule has 0 radical (unpaired) electrons. The van der Waals surface area contributed by atoms with Crippen molar-refractivity contribution in [2.45, 2.75) is 39.5 Å². The molecule has 2 saturated heterocycles. The topological polar surface area (TPSA) is 55.4 Å². The van der Waals surface area contributed by atoms with Gasteiger partial charge in [-0.1, -0.05) is 13.8 Å². The van der Waals surface area contributed by atoms with Crippen LogP contribution < -0.4 is 0 Å². The first-order valence-corrected chi connectivity index (χ1v) is 10.2. The Kier molecular flexibility index (Phi) is 10.4. The molecule has 154 valence electrons. The Balaban J connectivity index is 1.26. The standard InChI is InChI=1S/C20H38O6/c1-3-19(15-25-16-19)5-7-21-9-11-23-13-14-24-12-10-22-8-6-20(4-2)17-26-18-20/h3-18H2,1-2H3. The van der Waals surface area contributed by atoms with Crippen LogP contribution in [0.15, 0.2) is 0 Å². The van der Waals surface area contributed by atoms with E-state index in [1.54, 1.807) is 0 Å². The molecular weight excluding hydrogens is 336 g/mol. The molecule has 0 aromatic rings. The Morgan fingerprint density at radius 3 is 1.08 bits per heavy atom. The van der Waals surface area contributed by atoms with Gasteiger partial charge in [-0.05, 0) is 25.7 Å². The summed E-state index contributed by atoms with van der Waals surface area (Å²) < 4.78 is 32.9. The van der Waals surface area contributed by atoms with Crippen molar-refractivity contribution >= 4 is 0 Å². The zero-order chi connectivity index (χ0) is 18.6. The first-order valence-electron chi connectivity index (χ1n) is 10.2. The van der Waals surface area contributed by atoms with Crippen LogP contribution in [0, 0.1) is 10.8 Å². The molecule has 6 nitrogen and oxygen atoms in total. The lowest BCUT2D eigenvalue weighted by atomic mass is 9.80. The smallest absolute Gasteiger partial charge is 0.0701 e. The number of rotatable bonds is 17. The van der Waals surface area contributed by atoms with Crippen LogP contribution in [0.25, 0.3) is 0 Å². The van der Waals surface area contributed by atoms with Crippen LogP contribution in [-0.2, 0) is 28.4 Å². The highest BCUT2D eigenvalue weighted by molar-refractivity contribution is 4.84. The van der Waals surface area contributed by atoms with Gasteiger partial charge in [0.2, 0.25) is 0 Å². The van der Waals surface area contributed by atoms with Gasteiger partial charge in [0, 0.05) is 24.0 Å². The summed E-state index contributed by atoms with van der Waals surface area (Å²) in [5.74, 6) is 0. The maximum Gasteiger partial charge on any atom is 0.0701 e. The predicted octanol–water partition coefficient (Wildman–Crippen LogP) is 2.69. The van der Waals surface area contributed by atoms with E-state index in [1.807, 2.05) is 0 Å². The van der Waals surface area contributed by atoms with Gasteiger partial charge in [-0.15, -0.1) is 0 Å². The van der Waals surface area contributed by atoms with Crippen LogP contribution in [0.5, 0.6) is 0 Å². The molecular formula is C20H38O6. The third-order valence-corrected chi connectivity index (χ3v) is 5.80. The summed E-state index contributed by atoms with van der Waals surface area (Å²) in [5.41, 5.74) is 0.749. The highest BCUT2D eigenvalue weighted by Crippen LogP contribution is 2.35. The average Bonchev–Trinajstić information content (AvgIpc) is 2.59. The van der Waals surface area contributed by atoms with Gasteiger partial charge >= 0.3 is 0 Å². The van der Waals surface area contributed by atoms with Crippen LogP contribution in [0.3, 0.4) is 0 Å². The van der Waals surface area contributed by atoms with E-state index in [9.17, 15) is 0 Å². The highest BCUT2D eigenvalue weighted by atomic mass is 16.6. The van der Waals surface area contributed by atoms with Crippen molar-refractivity contribution in [2.75, 3.05) is 79.3 Å². The van der Waals surface area contributed by atoms with Crippen LogP contribution in [0.4, 0.5) is 0 Å². The summed E-state index contributed by atoms with van der Waals surface area (Å²) in [6.07, 6.45) is 4.50. The van der Waals surface area contributed by atoms with Crippen molar-refractivity contribution in [3.05, 3.63) is 0 Å². The highest BCUT2D eigenvalue weighted by Gasteiger charge is 2.36. The van der Waals surface area contributed by atoms with Gasteiger partial charge in [0.25, 0.3) is 0 Å². The number of hydrogen-bond donors (Lipinski definition) is 0. The Hall–Kier alpha value is -0.240. The van der Waals surface area contributed by atoms with E-state index in [1.165, 1.54) is 12.8 Å². The molecule has 2 rings (SSSR count). The third kappa shape index (κ3) is 7.41. The van der Waals surface area contributed by atoms with Crippen molar-refractivity contribution in [1.82, 2.24) is 0 Å². The normalized spacial score (nSPS) is 20.5. The van der Waals surface area contributed by atoms with Gasteiger partial charge in [-0.2, -0.15) is 0 Å². The molecule has 2 heterocycles. The molecule has 0 saturated carbocycles. The minimum Gasteiger partial charge on any atom is -0.380 e. The molecule has 0 aliphatic carbocycles. The largest absolute Gasteiger partial charge is 0.380 e. The van der Waals surface area contributed by atoms with Gasteiger partial charge < -0.3 is 28.4 Å². The predicted molar refractivity (Wildman–Crippen MR) is 99.6 cm³/mol. The van der Waals surface area contributed by atoms with Crippen LogP contribution in [0.2, 0.25) is 0 Å². The molecule has 0 aromatic carbocycles. The second kappa shape index (κ2) is 12.3. The molecule has 0 atom stereocenters. The van der Waals surface area contributed by atoms with E-state index < -0.39 is 0 Å². The van der Waals surface area contributed by atoms with Crippen LogP contribution in [0.1, 0.15) is 39.5 Å². The maximum absolute atomic E-state index is 5.64. The second-order valence-electron chi connectivity index (χ2n) is 7.64. The van der Waals surface area contributed by atoms with E-state index in [4.69, 9.17) is 28.4 Å². The van der Waals surface area contributed by atoms with Gasteiger partial charge in [-0.3, -0.25) is 0 Å². The first kappa shape index (κ1) is 22.1. The van der Waals surface area contributed by atoms with E-state index in [2.05, 4.69) is 13.8 Å². The van der Waals surface area contributed by atoms with Crippen molar-refractivity contribution in [3.63, 3.8) is 0 Å². The van der Waals surface area contributed by atoms with Crippen molar-refractivity contribution < 1.29 is 28.4 Å². The van der Waals surface area contributed by atoms with Crippen LogP contribution >= 0.6 is 0 Å². The maximum atomic E-state index is 5.64. The molecule has 0 unspecified atom stereocenters. The Morgan fingerprint density at radius 1 is 0.538 bits per heavy atom. The minimum atomic E-state index is 0.375. The quantitative estimate of drug-likeness (QED) is 0.365. The van der Waals surface area contributed by atoms with Gasteiger partial charge in [-0.25, -0.2) is 0 Å². The lowest BCUT2D eigenvalue weighted by Crippen LogP contribution is -2.42. The van der Waals surface area contributed by atoms with Crippen molar-refractivity contribution in [2.24, 2.45) is 10.8 Å². The molecule has 26 heavy (non-hydrogen) atoms. The first-order chi connectivity index (χ1) is 12.7. The fourth-order valence-corrected chi connectivity index (χ4v) is 3.17. The number of ether oxygens (including phenoxy) is 6. The lowest BCUT2D eigenvalue weighted by Gasteiger charge is -2.40. The molecule has 0 N–H and O–H groups in total. The summed E-state index contributed by atoms with van der Waals surface area (Å²) in [5, 5.41) is 0. The van der Waals surface area contributed by atoms with Gasteiger partial charge in [0.1, 0.15) is 0 Å². The molecule has 0 bridgehead atoms. The second-order valence-corrected chi connectivity index (χ2v) is 7.64. The summed E-state index contributed by atoms with van der Waals surface area (Å²) in [6, 6.07) is 0. The van der Waals surface area contributed by atoms with Crippen molar-refractivity contribution in [3.8, 4) is 0 Å². The summed E-state index contributed by atoms with van der Waals surface area (Å²) in [7, 11) is 0. The zero-order valence-electron chi connectivity index (χ0n) is 16.8. The summed E-state index contributed by atoms with van der Waals surface area (Å²) in [4.78, 5) is 0. The monoisotopic (exact) mass is 374 g/mol. The Bertz CT molecular complexity index is 309. The van der Waals surface area contributed by atoms with E-state index in [0.717, 1.165) is 52.5 Å². The minimum absolute atomic E-state index is 0.375. The molecule has 0 spiro atoms. The Morgan fingerprint density at radius 2 is 0.846 bits per heavy atom. The fourth-order valence-electron chi connectivity index (χ4n) is 3.17. The van der Waals surface area contributed by atoms with Gasteiger partial charge in [0.05, 0.1) is 66.1 Å². The summed E-state index contributed by atoms with van der Waals surface area (Å²) >= 11 is 0. The average molecular weight is 375 g/mol. The Labute approximate surface area is 158 Å². The molecule has 0 amide bonds. The molecule has 2 aliphatic heterocycles. The SMILES string of the molecule is CCC1(CCOCCOCCOCCOCCC2(CC)COC2)COC1. The molecule has 2 aliphatic rings. The third-order valence-electron chi connectivity index (χ3n) is 5.80. The van der Waals surface area contributed by atoms with Crippen molar-refractivity contribution in [1.29, 1.82) is 0 Å². The molecule has 0 aromatic heterocycles. The molecule has 6 heteroatoms. The molecule has 2 fully saturated rings. The zero-order valence-corrected chi connectivity index (χ0v) is 16.8. The van der Waals surface area contributed by atoms with Crippen LogP contribution in [-0.4, -0.2) is 79.3 Å². The van der Waals surface area contributed by atoms with E-state index in [0.29, 0.717) is 50.5 Å². The van der Waals surface area contributed by atoms with E-state index >= 15 is 0 Å². The summed E-state index contributed by atoms with van der Waals surface area (Å²) in [6.45, 7) is 13.3.